The van der Waals surface area contributed by atoms with Gasteiger partial charge in [-0.05, 0) is 31.5 Å². The third-order valence-electron chi connectivity index (χ3n) is 3.51. The van der Waals surface area contributed by atoms with Crippen LogP contribution < -0.4 is 0 Å². The summed E-state index contributed by atoms with van der Waals surface area (Å²) in [5.41, 5.74) is 2.10. The quantitative estimate of drug-likeness (QED) is 0.909. The Labute approximate surface area is 113 Å². The molecule has 2 aromatic rings. The highest BCUT2D eigenvalue weighted by Crippen LogP contribution is 2.27. The fraction of sp³-hybridized carbons (Fsp3) is 0.467. The molecule has 0 aliphatic heterocycles. The number of hydrogen-bond donors (Lipinski definition) is 1. The monoisotopic (exact) mass is 260 g/mol. The number of benzene rings is 1. The Bertz CT molecular complexity index is 614. The summed E-state index contributed by atoms with van der Waals surface area (Å²) in [5, 5.41) is 9.12. The van der Waals surface area contributed by atoms with Crippen LogP contribution in [0.4, 0.5) is 0 Å². The molecule has 1 N–H and O–H groups in total. The van der Waals surface area contributed by atoms with Crippen molar-refractivity contribution in [2.75, 3.05) is 0 Å². The van der Waals surface area contributed by atoms with E-state index in [0.29, 0.717) is 17.5 Å². The van der Waals surface area contributed by atoms with Gasteiger partial charge in [-0.1, -0.05) is 20.8 Å². The van der Waals surface area contributed by atoms with E-state index in [1.807, 2.05) is 0 Å². The van der Waals surface area contributed by atoms with Crippen molar-refractivity contribution < 1.29 is 9.90 Å². The van der Waals surface area contributed by atoms with Gasteiger partial charge in [0.15, 0.2) is 0 Å². The SMILES string of the molecule is CCC(C)n1c(C(C)C)nc2ccc(C(=O)O)cc21. The van der Waals surface area contributed by atoms with Gasteiger partial charge in [0.2, 0.25) is 0 Å². The van der Waals surface area contributed by atoms with E-state index >= 15 is 0 Å². The number of nitrogens with zero attached hydrogens (tertiary/aromatic N) is 2. The summed E-state index contributed by atoms with van der Waals surface area (Å²) < 4.78 is 2.17. The fourth-order valence-electron chi connectivity index (χ4n) is 2.30. The molecule has 0 bridgehead atoms. The molecule has 1 aromatic heterocycles. The van der Waals surface area contributed by atoms with Crippen LogP contribution in [0.1, 0.15) is 62.3 Å². The summed E-state index contributed by atoms with van der Waals surface area (Å²) in [7, 11) is 0. The number of aromatic carboxylic acids is 1. The summed E-state index contributed by atoms with van der Waals surface area (Å²) in [4.78, 5) is 15.8. The molecule has 0 saturated heterocycles. The van der Waals surface area contributed by atoms with Gasteiger partial charge in [-0.15, -0.1) is 0 Å². The van der Waals surface area contributed by atoms with Crippen LogP contribution in [0.15, 0.2) is 18.2 Å². The zero-order valence-corrected chi connectivity index (χ0v) is 11.8. The first-order chi connectivity index (χ1) is 8.95. The van der Waals surface area contributed by atoms with Gasteiger partial charge in [0.25, 0.3) is 0 Å². The van der Waals surface area contributed by atoms with Crippen molar-refractivity contribution in [3.8, 4) is 0 Å². The van der Waals surface area contributed by atoms with Crippen LogP contribution in [-0.4, -0.2) is 20.6 Å². The van der Waals surface area contributed by atoms with Crippen molar-refractivity contribution in [2.45, 2.75) is 46.1 Å². The maximum atomic E-state index is 11.1. The summed E-state index contributed by atoms with van der Waals surface area (Å²) >= 11 is 0. The van der Waals surface area contributed by atoms with Gasteiger partial charge in [-0.2, -0.15) is 0 Å². The van der Waals surface area contributed by atoms with E-state index in [1.54, 1.807) is 18.2 Å². The zero-order valence-electron chi connectivity index (χ0n) is 11.8. The molecule has 0 spiro atoms. The summed E-state index contributed by atoms with van der Waals surface area (Å²) in [6.07, 6.45) is 0.989. The highest BCUT2D eigenvalue weighted by molar-refractivity contribution is 5.92. The lowest BCUT2D eigenvalue weighted by Crippen LogP contribution is -2.10. The number of fused-ring (bicyclic) bond motifs is 1. The number of hydrogen-bond acceptors (Lipinski definition) is 2. The van der Waals surface area contributed by atoms with Gasteiger partial charge in [-0.3, -0.25) is 0 Å². The molecule has 0 aliphatic rings. The summed E-state index contributed by atoms with van der Waals surface area (Å²) in [6.45, 7) is 8.48. The fourth-order valence-corrected chi connectivity index (χ4v) is 2.30. The molecule has 4 heteroatoms. The third-order valence-corrected chi connectivity index (χ3v) is 3.51. The largest absolute Gasteiger partial charge is 0.478 e. The lowest BCUT2D eigenvalue weighted by atomic mass is 10.1. The molecule has 19 heavy (non-hydrogen) atoms. The topological polar surface area (TPSA) is 55.1 Å². The maximum absolute atomic E-state index is 11.1. The molecule has 4 nitrogen and oxygen atoms in total. The third kappa shape index (κ3) is 2.35. The molecule has 2 rings (SSSR count). The average Bonchev–Trinajstić information content (AvgIpc) is 2.76. The van der Waals surface area contributed by atoms with Crippen molar-refractivity contribution in [1.82, 2.24) is 9.55 Å². The highest BCUT2D eigenvalue weighted by atomic mass is 16.4. The Balaban J connectivity index is 2.73. The van der Waals surface area contributed by atoms with Crippen LogP contribution >= 0.6 is 0 Å². The van der Waals surface area contributed by atoms with Gasteiger partial charge >= 0.3 is 5.97 Å². The number of aromatic nitrogens is 2. The molecule has 0 radical (unpaired) electrons. The van der Waals surface area contributed by atoms with Crippen molar-refractivity contribution in [2.24, 2.45) is 0 Å². The van der Waals surface area contributed by atoms with Crippen LogP contribution in [0, 0.1) is 0 Å². The van der Waals surface area contributed by atoms with E-state index in [2.05, 4.69) is 37.2 Å². The Morgan fingerprint density at radius 2 is 2.05 bits per heavy atom. The Morgan fingerprint density at radius 1 is 1.37 bits per heavy atom. The Morgan fingerprint density at radius 3 is 2.58 bits per heavy atom. The molecule has 0 amide bonds. The van der Waals surface area contributed by atoms with Crippen LogP contribution in [0.2, 0.25) is 0 Å². The van der Waals surface area contributed by atoms with Crippen LogP contribution in [0.3, 0.4) is 0 Å². The molecule has 1 atom stereocenters. The van der Waals surface area contributed by atoms with E-state index in [1.165, 1.54) is 0 Å². The standard InChI is InChI=1S/C15H20N2O2/c1-5-10(4)17-13-8-11(15(18)19)6-7-12(13)16-14(17)9(2)3/h6-10H,5H2,1-4H3,(H,18,19). The lowest BCUT2D eigenvalue weighted by Gasteiger charge is -2.17. The second-order valence-electron chi connectivity index (χ2n) is 5.26. The molecule has 0 fully saturated rings. The first-order valence-electron chi connectivity index (χ1n) is 6.70. The number of imidazole rings is 1. The Hall–Kier alpha value is -1.84. The minimum atomic E-state index is -0.898. The minimum Gasteiger partial charge on any atom is -0.478 e. The molecular formula is C15H20N2O2. The highest BCUT2D eigenvalue weighted by Gasteiger charge is 2.18. The number of carbonyl (C=O) groups is 1. The summed E-state index contributed by atoms with van der Waals surface area (Å²) in [6, 6.07) is 5.45. The van der Waals surface area contributed by atoms with Crippen LogP contribution in [0.25, 0.3) is 11.0 Å². The van der Waals surface area contributed by atoms with E-state index in [-0.39, 0.29) is 0 Å². The first kappa shape index (κ1) is 13.6. The number of rotatable bonds is 4. The summed E-state index contributed by atoms with van der Waals surface area (Å²) in [5.74, 6) is 0.437. The number of carboxylic acid groups (broad SMARTS) is 1. The van der Waals surface area contributed by atoms with Gasteiger partial charge in [-0.25, -0.2) is 9.78 Å². The van der Waals surface area contributed by atoms with Gasteiger partial charge in [0, 0.05) is 12.0 Å². The number of carboxylic acids is 1. The second kappa shape index (κ2) is 5.03. The zero-order chi connectivity index (χ0) is 14.2. The van der Waals surface area contributed by atoms with E-state index in [9.17, 15) is 4.79 Å². The molecule has 102 valence electrons. The van der Waals surface area contributed by atoms with Crippen LogP contribution in [0.5, 0.6) is 0 Å². The maximum Gasteiger partial charge on any atom is 0.335 e. The molecule has 1 aromatic carbocycles. The minimum absolute atomic E-state index is 0.312. The van der Waals surface area contributed by atoms with Gasteiger partial charge in [0.05, 0.1) is 16.6 Å². The van der Waals surface area contributed by atoms with E-state index in [4.69, 9.17) is 5.11 Å². The van der Waals surface area contributed by atoms with Crippen LogP contribution in [-0.2, 0) is 0 Å². The van der Waals surface area contributed by atoms with E-state index < -0.39 is 5.97 Å². The first-order valence-corrected chi connectivity index (χ1v) is 6.70. The molecule has 1 heterocycles. The Kier molecular flexibility index (Phi) is 3.60. The normalized spacial score (nSPS) is 13.1. The van der Waals surface area contributed by atoms with Crippen molar-refractivity contribution in [3.63, 3.8) is 0 Å². The predicted octanol–water partition coefficient (Wildman–Crippen LogP) is 3.83. The smallest absolute Gasteiger partial charge is 0.335 e. The predicted molar refractivity (Wildman–Crippen MR) is 75.8 cm³/mol. The van der Waals surface area contributed by atoms with Crippen molar-refractivity contribution in [1.29, 1.82) is 0 Å². The average molecular weight is 260 g/mol. The lowest BCUT2D eigenvalue weighted by molar-refractivity contribution is 0.0697. The molecule has 1 unspecified atom stereocenters. The molecule has 0 aliphatic carbocycles. The molecular weight excluding hydrogens is 240 g/mol. The van der Waals surface area contributed by atoms with Crippen molar-refractivity contribution >= 4 is 17.0 Å². The van der Waals surface area contributed by atoms with Gasteiger partial charge < -0.3 is 9.67 Å². The second-order valence-corrected chi connectivity index (χ2v) is 5.26. The van der Waals surface area contributed by atoms with E-state index in [0.717, 1.165) is 23.3 Å². The molecule has 0 saturated carbocycles. The van der Waals surface area contributed by atoms with Crippen molar-refractivity contribution in [3.05, 3.63) is 29.6 Å². The van der Waals surface area contributed by atoms with Gasteiger partial charge in [0.1, 0.15) is 5.82 Å².